The summed E-state index contributed by atoms with van der Waals surface area (Å²) in [6, 6.07) is 15.0. The molecule has 0 aliphatic rings. The average molecular weight is 306 g/mol. The minimum Gasteiger partial charge on any atom is -0.345 e. The summed E-state index contributed by atoms with van der Waals surface area (Å²) in [6.45, 7) is 2.04. The van der Waals surface area contributed by atoms with Crippen LogP contribution in [0.25, 0.3) is 0 Å². The molecule has 1 amide bonds. The average Bonchev–Trinajstić information content (AvgIpc) is 2.48. The molecule has 2 aromatic rings. The summed E-state index contributed by atoms with van der Waals surface area (Å²) < 4.78 is 0. The van der Waals surface area contributed by atoms with Gasteiger partial charge in [0.15, 0.2) is 0 Å². The van der Waals surface area contributed by atoms with Crippen molar-refractivity contribution in [3.8, 4) is 0 Å². The maximum Gasteiger partial charge on any atom is 0.253 e. The Hall–Kier alpha value is -1.45. The van der Waals surface area contributed by atoms with Gasteiger partial charge in [-0.2, -0.15) is 0 Å². The molecule has 0 spiro atoms. The van der Waals surface area contributed by atoms with Crippen LogP contribution in [0.5, 0.6) is 0 Å². The van der Waals surface area contributed by atoms with Gasteiger partial charge < -0.3 is 5.32 Å². The lowest BCUT2D eigenvalue weighted by Gasteiger charge is -2.18. The van der Waals surface area contributed by atoms with Crippen LogP contribution < -0.4 is 5.32 Å². The lowest BCUT2D eigenvalue weighted by molar-refractivity contribution is 0.0935. The molecule has 2 nitrogen and oxygen atoms in total. The van der Waals surface area contributed by atoms with E-state index in [1.807, 2.05) is 37.3 Å². The molecule has 2 rings (SSSR count). The van der Waals surface area contributed by atoms with Gasteiger partial charge in [0.2, 0.25) is 0 Å². The van der Waals surface area contributed by atoms with E-state index in [4.69, 9.17) is 11.6 Å². The largest absolute Gasteiger partial charge is 0.345 e. The number of carbonyl (C=O) groups is 1. The van der Waals surface area contributed by atoms with Gasteiger partial charge in [0.1, 0.15) is 0 Å². The highest BCUT2D eigenvalue weighted by molar-refractivity contribution is 7.80. The highest BCUT2D eigenvalue weighted by atomic mass is 35.5. The van der Waals surface area contributed by atoms with Crippen LogP contribution in [0.1, 0.15) is 35.3 Å². The topological polar surface area (TPSA) is 29.1 Å². The predicted octanol–water partition coefficient (Wildman–Crippen LogP) is 4.51. The SMILES string of the molecule is CCC(NC(=O)c1cc(S)ccc1Cl)c1ccccc1. The summed E-state index contributed by atoms with van der Waals surface area (Å²) in [5.41, 5.74) is 1.54. The van der Waals surface area contributed by atoms with Crippen molar-refractivity contribution in [3.05, 3.63) is 64.7 Å². The molecule has 0 saturated heterocycles. The Balaban J connectivity index is 2.20. The zero-order valence-corrected chi connectivity index (χ0v) is 12.8. The van der Waals surface area contributed by atoms with E-state index in [2.05, 4.69) is 17.9 Å². The van der Waals surface area contributed by atoms with Crippen molar-refractivity contribution in [3.63, 3.8) is 0 Å². The summed E-state index contributed by atoms with van der Waals surface area (Å²) in [5, 5.41) is 3.44. The van der Waals surface area contributed by atoms with Gasteiger partial charge >= 0.3 is 0 Å². The maximum absolute atomic E-state index is 12.3. The normalized spacial score (nSPS) is 11.9. The van der Waals surface area contributed by atoms with E-state index < -0.39 is 0 Å². The lowest BCUT2D eigenvalue weighted by Crippen LogP contribution is -2.28. The molecule has 0 saturated carbocycles. The molecule has 1 unspecified atom stereocenters. The molecular weight excluding hydrogens is 290 g/mol. The van der Waals surface area contributed by atoms with Gasteiger partial charge in [-0.15, -0.1) is 12.6 Å². The van der Waals surface area contributed by atoms with Crippen molar-refractivity contribution in [2.45, 2.75) is 24.3 Å². The second-order valence-corrected chi connectivity index (χ2v) is 5.43. The predicted molar refractivity (Wildman–Crippen MR) is 85.6 cm³/mol. The highest BCUT2D eigenvalue weighted by Crippen LogP contribution is 2.22. The second-order valence-electron chi connectivity index (χ2n) is 4.51. The number of benzene rings is 2. The Morgan fingerprint density at radius 3 is 2.60 bits per heavy atom. The molecule has 0 aliphatic heterocycles. The van der Waals surface area contributed by atoms with Gasteiger partial charge in [-0.1, -0.05) is 48.9 Å². The number of hydrogen-bond donors (Lipinski definition) is 2. The van der Waals surface area contributed by atoms with Gasteiger partial charge in [0.05, 0.1) is 16.6 Å². The quantitative estimate of drug-likeness (QED) is 0.800. The summed E-state index contributed by atoms with van der Waals surface area (Å²) in [5.74, 6) is -0.179. The molecular formula is C16H16ClNOS. The Morgan fingerprint density at radius 2 is 1.95 bits per heavy atom. The fourth-order valence-corrected chi connectivity index (χ4v) is 2.44. The fraction of sp³-hybridized carbons (Fsp3) is 0.188. The molecule has 2 aromatic carbocycles. The minimum atomic E-state index is -0.179. The van der Waals surface area contributed by atoms with Crippen molar-refractivity contribution in [2.75, 3.05) is 0 Å². The van der Waals surface area contributed by atoms with Crippen LogP contribution in [0.3, 0.4) is 0 Å². The van der Waals surface area contributed by atoms with Crippen molar-refractivity contribution >= 4 is 30.1 Å². The van der Waals surface area contributed by atoms with Gasteiger partial charge in [0, 0.05) is 4.90 Å². The fourth-order valence-electron chi connectivity index (χ4n) is 2.03. The van der Waals surface area contributed by atoms with Crippen LogP contribution in [0.4, 0.5) is 0 Å². The van der Waals surface area contributed by atoms with Crippen LogP contribution in [-0.2, 0) is 0 Å². The van der Waals surface area contributed by atoms with Crippen LogP contribution in [-0.4, -0.2) is 5.91 Å². The number of hydrogen-bond acceptors (Lipinski definition) is 2. The van der Waals surface area contributed by atoms with E-state index in [0.29, 0.717) is 15.5 Å². The first kappa shape index (κ1) is 14.9. The molecule has 0 bridgehead atoms. The van der Waals surface area contributed by atoms with E-state index in [1.54, 1.807) is 18.2 Å². The molecule has 20 heavy (non-hydrogen) atoms. The molecule has 1 N–H and O–H groups in total. The first-order chi connectivity index (χ1) is 9.61. The van der Waals surface area contributed by atoms with E-state index in [0.717, 1.165) is 12.0 Å². The Bertz CT molecular complexity index is 601. The van der Waals surface area contributed by atoms with Crippen LogP contribution in [0, 0.1) is 0 Å². The lowest BCUT2D eigenvalue weighted by atomic mass is 10.0. The van der Waals surface area contributed by atoms with Crippen molar-refractivity contribution in [2.24, 2.45) is 0 Å². The molecule has 104 valence electrons. The van der Waals surface area contributed by atoms with Crippen molar-refractivity contribution < 1.29 is 4.79 Å². The van der Waals surface area contributed by atoms with Crippen molar-refractivity contribution in [1.29, 1.82) is 0 Å². The summed E-state index contributed by atoms with van der Waals surface area (Å²) in [6.07, 6.45) is 0.813. The Morgan fingerprint density at radius 1 is 1.25 bits per heavy atom. The molecule has 0 aromatic heterocycles. The summed E-state index contributed by atoms with van der Waals surface area (Å²) >= 11 is 10.3. The van der Waals surface area contributed by atoms with Crippen LogP contribution >= 0.6 is 24.2 Å². The third-order valence-corrected chi connectivity index (χ3v) is 3.72. The zero-order chi connectivity index (χ0) is 14.5. The Labute approximate surface area is 129 Å². The van der Waals surface area contributed by atoms with Crippen LogP contribution in [0.2, 0.25) is 5.02 Å². The molecule has 0 heterocycles. The number of rotatable bonds is 4. The number of thiol groups is 1. The van der Waals surface area contributed by atoms with Gasteiger partial charge in [0.25, 0.3) is 5.91 Å². The standard InChI is InChI=1S/C16H16ClNOS/c1-2-15(11-6-4-3-5-7-11)18-16(19)13-10-12(20)8-9-14(13)17/h3-10,15,20H,2H2,1H3,(H,18,19). The first-order valence-corrected chi connectivity index (χ1v) is 7.28. The summed E-state index contributed by atoms with van der Waals surface area (Å²) in [4.78, 5) is 13.0. The monoisotopic (exact) mass is 305 g/mol. The Kier molecular flexibility index (Phi) is 5.10. The molecule has 0 radical (unpaired) electrons. The molecule has 0 aliphatic carbocycles. The third kappa shape index (κ3) is 3.56. The van der Waals surface area contributed by atoms with Gasteiger partial charge in [-0.25, -0.2) is 0 Å². The summed E-state index contributed by atoms with van der Waals surface area (Å²) in [7, 11) is 0. The van der Waals surface area contributed by atoms with E-state index in [-0.39, 0.29) is 11.9 Å². The van der Waals surface area contributed by atoms with Gasteiger partial charge in [-0.3, -0.25) is 4.79 Å². The molecule has 4 heteroatoms. The maximum atomic E-state index is 12.3. The molecule has 1 atom stereocenters. The number of amides is 1. The zero-order valence-electron chi connectivity index (χ0n) is 11.1. The second kappa shape index (κ2) is 6.82. The minimum absolute atomic E-state index is 0.0247. The number of nitrogens with one attached hydrogen (secondary N) is 1. The van der Waals surface area contributed by atoms with E-state index >= 15 is 0 Å². The third-order valence-electron chi connectivity index (χ3n) is 3.11. The first-order valence-electron chi connectivity index (χ1n) is 6.46. The molecule has 0 fully saturated rings. The number of halogens is 1. The van der Waals surface area contributed by atoms with Gasteiger partial charge in [-0.05, 0) is 30.2 Å². The van der Waals surface area contributed by atoms with Crippen molar-refractivity contribution in [1.82, 2.24) is 5.32 Å². The van der Waals surface area contributed by atoms with Crippen LogP contribution in [0.15, 0.2) is 53.4 Å². The number of carbonyl (C=O) groups excluding carboxylic acids is 1. The van der Waals surface area contributed by atoms with E-state index in [1.165, 1.54) is 0 Å². The smallest absolute Gasteiger partial charge is 0.253 e. The highest BCUT2D eigenvalue weighted by Gasteiger charge is 2.16. The van der Waals surface area contributed by atoms with E-state index in [9.17, 15) is 4.79 Å².